The number of ketones is 1. The third-order valence-corrected chi connectivity index (χ3v) is 3.10. The van der Waals surface area contributed by atoms with Gasteiger partial charge in [-0.15, -0.1) is 0 Å². The molecule has 2 nitrogen and oxygen atoms in total. The molecule has 0 radical (unpaired) electrons. The van der Waals surface area contributed by atoms with Crippen molar-refractivity contribution in [3.63, 3.8) is 0 Å². The number of rotatable bonds is 7. The maximum atomic E-state index is 12.2. The van der Waals surface area contributed by atoms with Crippen molar-refractivity contribution in [1.82, 2.24) is 5.32 Å². The van der Waals surface area contributed by atoms with Gasteiger partial charge >= 0.3 is 0 Å². The van der Waals surface area contributed by atoms with Crippen molar-refractivity contribution >= 4 is 5.78 Å². The van der Waals surface area contributed by atoms with Gasteiger partial charge in [0.1, 0.15) is 0 Å². The highest BCUT2D eigenvalue weighted by atomic mass is 16.1. The molecule has 0 saturated heterocycles. The van der Waals surface area contributed by atoms with Crippen LogP contribution in [0, 0.1) is 12.8 Å². The van der Waals surface area contributed by atoms with Gasteiger partial charge in [0, 0.05) is 23.9 Å². The molecular formula is C17H25NO. The number of unbranched alkanes of at least 4 members (excludes halogenated alkanes) is 1. The fourth-order valence-corrected chi connectivity index (χ4v) is 1.77. The lowest BCUT2D eigenvalue weighted by molar-refractivity contribution is 0.104. The number of benzene rings is 1. The highest BCUT2D eigenvalue weighted by molar-refractivity contribution is 6.04. The number of aryl methyl sites for hydroxylation is 1. The molecule has 1 aromatic carbocycles. The van der Waals surface area contributed by atoms with Crippen molar-refractivity contribution in [2.45, 2.75) is 40.5 Å². The molecule has 1 N–H and O–H groups in total. The molecule has 0 bridgehead atoms. The minimum absolute atomic E-state index is 0.0766. The molecule has 0 aromatic heterocycles. The van der Waals surface area contributed by atoms with Gasteiger partial charge < -0.3 is 5.32 Å². The Kier molecular flexibility index (Phi) is 6.34. The fraction of sp³-hybridized carbons (Fsp3) is 0.471. The predicted octanol–water partition coefficient (Wildman–Crippen LogP) is 4.11. The zero-order valence-corrected chi connectivity index (χ0v) is 12.5. The van der Waals surface area contributed by atoms with E-state index in [1.165, 1.54) is 5.56 Å². The average molecular weight is 259 g/mol. The Bertz CT molecular complexity index is 429. The molecule has 1 aromatic rings. The largest absolute Gasteiger partial charge is 0.388 e. The fourth-order valence-electron chi connectivity index (χ4n) is 1.77. The van der Waals surface area contributed by atoms with Gasteiger partial charge in [-0.05, 0) is 19.3 Å². The Hall–Kier alpha value is -1.57. The molecule has 104 valence electrons. The van der Waals surface area contributed by atoms with E-state index in [-0.39, 0.29) is 5.78 Å². The summed E-state index contributed by atoms with van der Waals surface area (Å²) in [6.07, 6.45) is 4.03. The lowest BCUT2D eigenvalue weighted by Crippen LogP contribution is -2.20. The van der Waals surface area contributed by atoms with E-state index in [1.807, 2.05) is 31.2 Å². The van der Waals surface area contributed by atoms with Crippen LogP contribution in [0.3, 0.4) is 0 Å². The van der Waals surface area contributed by atoms with Gasteiger partial charge in [-0.1, -0.05) is 57.0 Å². The van der Waals surface area contributed by atoms with E-state index in [9.17, 15) is 4.79 Å². The number of allylic oxidation sites excluding steroid dienone is 2. The van der Waals surface area contributed by atoms with Crippen molar-refractivity contribution in [3.8, 4) is 0 Å². The number of hydrogen-bond donors (Lipinski definition) is 1. The van der Waals surface area contributed by atoms with E-state index in [0.717, 1.165) is 30.6 Å². The summed E-state index contributed by atoms with van der Waals surface area (Å²) in [4.78, 5) is 12.2. The summed E-state index contributed by atoms with van der Waals surface area (Å²) in [7, 11) is 0. The van der Waals surface area contributed by atoms with Crippen molar-refractivity contribution < 1.29 is 4.79 Å². The summed E-state index contributed by atoms with van der Waals surface area (Å²) < 4.78 is 0. The SMILES string of the molecule is CCCCN/C(=C\C(=O)c1ccc(C)cc1)C(C)C. The smallest absolute Gasteiger partial charge is 0.187 e. The molecule has 0 spiro atoms. The van der Waals surface area contributed by atoms with Gasteiger partial charge in [0.25, 0.3) is 0 Å². The van der Waals surface area contributed by atoms with Crippen LogP contribution in [0.2, 0.25) is 0 Å². The molecular weight excluding hydrogens is 234 g/mol. The Morgan fingerprint density at radius 3 is 2.42 bits per heavy atom. The lowest BCUT2D eigenvalue weighted by Gasteiger charge is -2.14. The monoisotopic (exact) mass is 259 g/mol. The van der Waals surface area contributed by atoms with Crippen molar-refractivity contribution in [2.24, 2.45) is 5.92 Å². The van der Waals surface area contributed by atoms with E-state index >= 15 is 0 Å². The van der Waals surface area contributed by atoms with Gasteiger partial charge in [0.2, 0.25) is 0 Å². The van der Waals surface area contributed by atoms with Crippen LogP contribution in [0.1, 0.15) is 49.5 Å². The van der Waals surface area contributed by atoms with E-state index in [2.05, 4.69) is 26.1 Å². The first-order chi connectivity index (χ1) is 9.04. The highest BCUT2D eigenvalue weighted by Gasteiger charge is 2.07. The van der Waals surface area contributed by atoms with E-state index in [1.54, 1.807) is 6.08 Å². The number of carbonyl (C=O) groups is 1. The lowest BCUT2D eigenvalue weighted by atomic mass is 10.0. The van der Waals surface area contributed by atoms with E-state index < -0.39 is 0 Å². The molecule has 0 fully saturated rings. The summed E-state index contributed by atoms with van der Waals surface area (Å²) in [6, 6.07) is 7.72. The molecule has 0 aliphatic heterocycles. The Morgan fingerprint density at radius 2 is 1.89 bits per heavy atom. The predicted molar refractivity (Wildman–Crippen MR) is 81.3 cm³/mol. The normalized spacial score (nSPS) is 11.7. The summed E-state index contributed by atoms with van der Waals surface area (Å²) in [6.45, 7) is 9.33. The minimum atomic E-state index is 0.0766. The summed E-state index contributed by atoms with van der Waals surface area (Å²) in [5.74, 6) is 0.416. The zero-order chi connectivity index (χ0) is 14.3. The van der Waals surface area contributed by atoms with Gasteiger partial charge in [-0.25, -0.2) is 0 Å². The molecule has 19 heavy (non-hydrogen) atoms. The Balaban J connectivity index is 2.77. The van der Waals surface area contributed by atoms with Crippen molar-refractivity contribution in [3.05, 3.63) is 47.2 Å². The highest BCUT2D eigenvalue weighted by Crippen LogP contribution is 2.10. The first-order valence-corrected chi connectivity index (χ1v) is 7.11. The molecule has 0 amide bonds. The van der Waals surface area contributed by atoms with Crippen LogP contribution in [-0.4, -0.2) is 12.3 Å². The minimum Gasteiger partial charge on any atom is -0.388 e. The van der Waals surface area contributed by atoms with Gasteiger partial charge in [-0.3, -0.25) is 4.79 Å². The molecule has 1 rings (SSSR count). The molecule has 0 saturated carbocycles. The molecule has 2 heteroatoms. The third-order valence-electron chi connectivity index (χ3n) is 3.10. The maximum Gasteiger partial charge on any atom is 0.187 e. The summed E-state index contributed by atoms with van der Waals surface area (Å²) in [5.41, 5.74) is 2.95. The van der Waals surface area contributed by atoms with Crippen LogP contribution in [0.4, 0.5) is 0 Å². The van der Waals surface area contributed by atoms with Crippen LogP contribution in [0.15, 0.2) is 36.0 Å². The molecule has 0 aliphatic rings. The third kappa shape index (κ3) is 5.29. The Morgan fingerprint density at radius 1 is 1.26 bits per heavy atom. The van der Waals surface area contributed by atoms with Crippen LogP contribution in [0.25, 0.3) is 0 Å². The number of carbonyl (C=O) groups excluding carboxylic acids is 1. The quantitative estimate of drug-likeness (QED) is 0.453. The number of nitrogens with one attached hydrogen (secondary N) is 1. The average Bonchev–Trinajstić information content (AvgIpc) is 2.38. The first-order valence-electron chi connectivity index (χ1n) is 7.11. The second kappa shape index (κ2) is 7.78. The summed E-state index contributed by atoms with van der Waals surface area (Å²) in [5, 5.41) is 3.37. The standard InChI is InChI=1S/C17H25NO/c1-5-6-11-18-16(13(2)3)12-17(19)15-9-7-14(4)8-10-15/h7-10,12-13,18H,5-6,11H2,1-4H3/b16-12-. The zero-order valence-electron chi connectivity index (χ0n) is 12.5. The van der Waals surface area contributed by atoms with Crippen molar-refractivity contribution in [2.75, 3.05) is 6.54 Å². The topological polar surface area (TPSA) is 29.1 Å². The van der Waals surface area contributed by atoms with Crippen LogP contribution >= 0.6 is 0 Å². The van der Waals surface area contributed by atoms with Crippen LogP contribution in [-0.2, 0) is 0 Å². The molecule has 0 atom stereocenters. The Labute approximate surface area is 116 Å². The van der Waals surface area contributed by atoms with Gasteiger partial charge in [-0.2, -0.15) is 0 Å². The van der Waals surface area contributed by atoms with Crippen LogP contribution < -0.4 is 5.32 Å². The second-order valence-corrected chi connectivity index (χ2v) is 5.26. The molecule has 0 heterocycles. The van der Waals surface area contributed by atoms with Crippen molar-refractivity contribution in [1.29, 1.82) is 0 Å². The summed E-state index contributed by atoms with van der Waals surface area (Å²) >= 11 is 0. The molecule has 0 unspecified atom stereocenters. The number of hydrogen-bond acceptors (Lipinski definition) is 2. The van der Waals surface area contributed by atoms with E-state index in [0.29, 0.717) is 5.92 Å². The van der Waals surface area contributed by atoms with Crippen LogP contribution in [0.5, 0.6) is 0 Å². The van der Waals surface area contributed by atoms with Gasteiger partial charge in [0.05, 0.1) is 0 Å². The van der Waals surface area contributed by atoms with E-state index in [4.69, 9.17) is 0 Å². The maximum absolute atomic E-state index is 12.2. The van der Waals surface area contributed by atoms with Gasteiger partial charge in [0.15, 0.2) is 5.78 Å². The first kappa shape index (κ1) is 15.5. The second-order valence-electron chi connectivity index (χ2n) is 5.26. The molecule has 0 aliphatic carbocycles.